The van der Waals surface area contributed by atoms with Gasteiger partial charge in [0, 0.05) is 11.8 Å². The number of nitrogens with one attached hydrogen (secondary N) is 2. The van der Waals surface area contributed by atoms with E-state index in [1.165, 1.54) is 36.8 Å². The molecule has 2 atom stereocenters. The average Bonchev–Trinajstić information content (AvgIpc) is 3.76. The Balaban J connectivity index is 1.14. The van der Waals surface area contributed by atoms with Crippen molar-refractivity contribution in [2.75, 3.05) is 0 Å². The van der Waals surface area contributed by atoms with Crippen LogP contribution in [-0.4, -0.2) is 11.8 Å². The van der Waals surface area contributed by atoms with Crippen molar-refractivity contribution in [1.82, 2.24) is 10.6 Å². The summed E-state index contributed by atoms with van der Waals surface area (Å²) in [5, 5.41) is 6.69. The number of amides is 2. The topological polar surface area (TPSA) is 58.2 Å². The number of carbonyl (C=O) groups excluding carboxylic acids is 2. The van der Waals surface area contributed by atoms with Gasteiger partial charge >= 0.3 is 0 Å². The largest absolute Gasteiger partial charge is 0.349 e. The van der Waals surface area contributed by atoms with E-state index in [-0.39, 0.29) is 35.7 Å². The fraction of sp³-hybridized carbons (Fsp3) is 0.500. The molecule has 2 aromatic rings. The first kappa shape index (κ1) is 21.2. The van der Waals surface area contributed by atoms with E-state index in [9.17, 15) is 9.59 Å². The molecular weight excluding hydrogens is 396 g/mol. The van der Waals surface area contributed by atoms with Gasteiger partial charge in [-0.1, -0.05) is 60.7 Å². The molecule has 0 bridgehead atoms. The first-order valence-electron chi connectivity index (χ1n) is 12.4. The summed E-state index contributed by atoms with van der Waals surface area (Å²) >= 11 is 0. The van der Waals surface area contributed by atoms with Crippen LogP contribution in [-0.2, 0) is 9.59 Å². The lowest BCUT2D eigenvalue weighted by molar-refractivity contribution is -0.131. The van der Waals surface area contributed by atoms with Crippen LogP contribution in [0.15, 0.2) is 60.7 Å². The lowest BCUT2D eigenvalue weighted by Gasteiger charge is -2.30. The standard InChI is InChI=1S/C28H34N2O2/c31-27(29-25(21-11-12-21)19-7-3-1-4-8-19)23-15-17-24(18-16-23)28(32)30-26(22-13-14-22)20-9-5-2-6-10-20/h1-10,21-26H,11-18H2,(H,29,31)(H,30,32). The van der Waals surface area contributed by atoms with Crippen LogP contribution in [0.2, 0.25) is 0 Å². The maximum absolute atomic E-state index is 13.0. The fourth-order valence-electron chi connectivity index (χ4n) is 5.29. The van der Waals surface area contributed by atoms with Gasteiger partial charge in [-0.15, -0.1) is 0 Å². The predicted molar refractivity (Wildman–Crippen MR) is 126 cm³/mol. The Bertz CT molecular complexity index is 835. The van der Waals surface area contributed by atoms with Crippen LogP contribution in [0.1, 0.15) is 74.6 Å². The first-order chi connectivity index (χ1) is 15.7. The van der Waals surface area contributed by atoms with Gasteiger partial charge in [0.1, 0.15) is 0 Å². The van der Waals surface area contributed by atoms with Crippen LogP contribution >= 0.6 is 0 Å². The third-order valence-corrected chi connectivity index (χ3v) is 7.57. The second-order valence-corrected chi connectivity index (χ2v) is 10.0. The fourth-order valence-corrected chi connectivity index (χ4v) is 5.29. The summed E-state index contributed by atoms with van der Waals surface area (Å²) in [7, 11) is 0. The maximum Gasteiger partial charge on any atom is 0.223 e. The molecule has 4 nitrogen and oxygen atoms in total. The van der Waals surface area contributed by atoms with E-state index in [0.29, 0.717) is 11.8 Å². The number of hydrogen-bond donors (Lipinski definition) is 2. The molecule has 3 aliphatic rings. The molecule has 0 spiro atoms. The molecule has 2 aromatic carbocycles. The molecule has 168 valence electrons. The number of rotatable bonds is 8. The van der Waals surface area contributed by atoms with E-state index < -0.39 is 0 Å². The molecule has 2 N–H and O–H groups in total. The Labute approximate surface area is 191 Å². The third kappa shape index (κ3) is 5.06. The minimum atomic E-state index is 0.0253. The van der Waals surface area contributed by atoms with Crippen LogP contribution in [0, 0.1) is 23.7 Å². The van der Waals surface area contributed by atoms with Crippen molar-refractivity contribution < 1.29 is 9.59 Å². The molecule has 3 saturated carbocycles. The summed E-state index contributed by atoms with van der Waals surface area (Å²) in [4.78, 5) is 26.1. The van der Waals surface area contributed by atoms with Gasteiger partial charge in [-0.2, -0.15) is 0 Å². The van der Waals surface area contributed by atoms with Crippen molar-refractivity contribution in [3.63, 3.8) is 0 Å². The lowest BCUT2D eigenvalue weighted by Crippen LogP contribution is -2.40. The maximum atomic E-state index is 13.0. The summed E-state index contributed by atoms with van der Waals surface area (Å²) in [6.45, 7) is 0. The molecule has 2 unspecified atom stereocenters. The quantitative estimate of drug-likeness (QED) is 0.595. The van der Waals surface area contributed by atoms with Gasteiger partial charge < -0.3 is 10.6 Å². The Morgan fingerprint density at radius 1 is 0.562 bits per heavy atom. The SMILES string of the molecule is O=C(NC(c1ccccc1)C1CC1)C1CCC(C(=O)NC(c2ccccc2)C2CC2)CC1. The van der Waals surface area contributed by atoms with Gasteiger partial charge in [0.05, 0.1) is 12.1 Å². The van der Waals surface area contributed by atoms with Crippen LogP contribution in [0.25, 0.3) is 0 Å². The Kier molecular flexibility index (Phi) is 6.29. The van der Waals surface area contributed by atoms with E-state index in [4.69, 9.17) is 0 Å². The van der Waals surface area contributed by atoms with Crippen LogP contribution in [0.3, 0.4) is 0 Å². The Morgan fingerprint density at radius 3 is 1.22 bits per heavy atom. The van der Waals surface area contributed by atoms with E-state index in [2.05, 4.69) is 34.9 Å². The number of benzene rings is 2. The van der Waals surface area contributed by atoms with Crippen molar-refractivity contribution >= 4 is 11.8 Å². The third-order valence-electron chi connectivity index (χ3n) is 7.57. The highest BCUT2D eigenvalue weighted by atomic mass is 16.2. The lowest BCUT2D eigenvalue weighted by atomic mass is 9.80. The average molecular weight is 431 g/mol. The van der Waals surface area contributed by atoms with E-state index in [1.807, 2.05) is 36.4 Å². The first-order valence-corrected chi connectivity index (χ1v) is 12.4. The van der Waals surface area contributed by atoms with Gasteiger partial charge in [0.15, 0.2) is 0 Å². The van der Waals surface area contributed by atoms with Crippen molar-refractivity contribution in [3.8, 4) is 0 Å². The zero-order valence-corrected chi connectivity index (χ0v) is 18.7. The summed E-state index contributed by atoms with van der Waals surface area (Å²) < 4.78 is 0. The summed E-state index contributed by atoms with van der Waals surface area (Å²) in [5.41, 5.74) is 2.42. The zero-order chi connectivity index (χ0) is 21.9. The van der Waals surface area contributed by atoms with Gasteiger partial charge in [0.2, 0.25) is 11.8 Å². The van der Waals surface area contributed by atoms with E-state index >= 15 is 0 Å². The van der Waals surface area contributed by atoms with Gasteiger partial charge in [0.25, 0.3) is 0 Å². The van der Waals surface area contributed by atoms with Crippen molar-refractivity contribution in [2.45, 2.75) is 63.5 Å². The molecule has 32 heavy (non-hydrogen) atoms. The van der Waals surface area contributed by atoms with E-state index in [1.54, 1.807) is 0 Å². The normalized spacial score (nSPS) is 24.9. The summed E-state index contributed by atoms with van der Waals surface area (Å²) in [6.07, 6.45) is 7.97. The van der Waals surface area contributed by atoms with E-state index in [0.717, 1.165) is 25.7 Å². The van der Waals surface area contributed by atoms with Gasteiger partial charge in [-0.05, 0) is 74.3 Å². The number of hydrogen-bond acceptors (Lipinski definition) is 2. The molecular formula is C28H34N2O2. The monoisotopic (exact) mass is 430 g/mol. The molecule has 3 aliphatic carbocycles. The number of carbonyl (C=O) groups is 2. The highest BCUT2D eigenvalue weighted by Gasteiger charge is 2.38. The van der Waals surface area contributed by atoms with Crippen molar-refractivity contribution in [1.29, 1.82) is 0 Å². The molecule has 0 aromatic heterocycles. The second-order valence-electron chi connectivity index (χ2n) is 10.0. The smallest absolute Gasteiger partial charge is 0.223 e. The molecule has 5 rings (SSSR count). The molecule has 2 amide bonds. The second kappa shape index (κ2) is 9.48. The van der Waals surface area contributed by atoms with Crippen LogP contribution in [0.5, 0.6) is 0 Å². The molecule has 0 radical (unpaired) electrons. The highest BCUT2D eigenvalue weighted by Crippen LogP contribution is 2.43. The predicted octanol–water partition coefficient (Wildman–Crippen LogP) is 5.33. The summed E-state index contributed by atoms with van der Waals surface area (Å²) in [6, 6.07) is 21.0. The Hall–Kier alpha value is -2.62. The van der Waals surface area contributed by atoms with Crippen LogP contribution in [0.4, 0.5) is 0 Å². The van der Waals surface area contributed by atoms with Crippen molar-refractivity contribution in [3.05, 3.63) is 71.8 Å². The minimum absolute atomic E-state index is 0.0253. The van der Waals surface area contributed by atoms with Crippen LogP contribution < -0.4 is 10.6 Å². The zero-order valence-electron chi connectivity index (χ0n) is 18.7. The molecule has 0 heterocycles. The molecule has 4 heteroatoms. The van der Waals surface area contributed by atoms with Gasteiger partial charge in [-0.3, -0.25) is 9.59 Å². The molecule has 3 fully saturated rings. The van der Waals surface area contributed by atoms with Gasteiger partial charge in [-0.25, -0.2) is 0 Å². The minimum Gasteiger partial charge on any atom is -0.349 e. The van der Waals surface area contributed by atoms with Crippen molar-refractivity contribution in [2.24, 2.45) is 23.7 Å². The highest BCUT2D eigenvalue weighted by molar-refractivity contribution is 5.81. The molecule has 0 aliphatic heterocycles. The Morgan fingerprint density at radius 2 is 0.906 bits per heavy atom. The molecule has 0 saturated heterocycles. The summed E-state index contributed by atoms with van der Waals surface area (Å²) in [5.74, 6) is 1.53.